The normalized spacial score (nSPS) is 12.9. The van der Waals surface area contributed by atoms with Crippen LogP contribution in [0.15, 0.2) is 50.5 Å². The van der Waals surface area contributed by atoms with Crippen LogP contribution in [0.5, 0.6) is 0 Å². The van der Waals surface area contributed by atoms with Gasteiger partial charge in [0.15, 0.2) is 11.4 Å². The fourth-order valence-corrected chi connectivity index (χ4v) is 1.93. The summed E-state index contributed by atoms with van der Waals surface area (Å²) in [4.78, 5) is 11.8. The average molecular weight is 384 g/mol. The maximum atomic E-state index is 11.8. The summed E-state index contributed by atoms with van der Waals surface area (Å²) in [5.74, 6) is -1.79. The molecule has 0 aromatic heterocycles. The zero-order chi connectivity index (χ0) is 17.2. The van der Waals surface area contributed by atoms with Crippen molar-refractivity contribution in [2.24, 2.45) is 15.9 Å². The highest BCUT2D eigenvalue weighted by Crippen LogP contribution is 2.10. The molecule has 0 unspecified atom stereocenters. The van der Waals surface area contributed by atoms with Crippen molar-refractivity contribution in [3.05, 3.63) is 45.8 Å². The number of carbonyl (C=O) groups excluding carboxylic acids is 1. The van der Waals surface area contributed by atoms with Crippen molar-refractivity contribution in [2.75, 3.05) is 13.2 Å². The summed E-state index contributed by atoms with van der Waals surface area (Å²) in [5, 5.41) is 17.3. The maximum Gasteiger partial charge on any atom is 0.349 e. The third-order valence-electron chi connectivity index (χ3n) is 2.45. The Morgan fingerprint density at radius 1 is 1.35 bits per heavy atom. The average Bonchev–Trinajstić information content (AvgIpc) is 2.48. The first-order chi connectivity index (χ1) is 11.0. The molecule has 0 aliphatic carbocycles. The largest absolute Gasteiger partial charge is 0.480 e. The summed E-state index contributed by atoms with van der Waals surface area (Å²) in [7, 11) is 0. The molecule has 0 saturated carbocycles. The molecule has 1 aromatic carbocycles. The minimum atomic E-state index is -0.836. The fourth-order valence-electron chi connectivity index (χ4n) is 1.51. The highest BCUT2D eigenvalue weighted by molar-refractivity contribution is 9.10. The van der Waals surface area contributed by atoms with E-state index in [0.717, 1.165) is 10.0 Å². The second-order valence-corrected chi connectivity index (χ2v) is 5.03. The molecule has 0 fully saturated rings. The van der Waals surface area contributed by atoms with Gasteiger partial charge in [-0.2, -0.15) is 5.10 Å². The van der Waals surface area contributed by atoms with E-state index in [0.29, 0.717) is 0 Å². The van der Waals surface area contributed by atoms with Crippen LogP contribution < -0.4 is 5.73 Å². The van der Waals surface area contributed by atoms with Gasteiger partial charge < -0.3 is 20.3 Å². The van der Waals surface area contributed by atoms with Gasteiger partial charge >= 0.3 is 5.97 Å². The highest BCUT2D eigenvalue weighted by Gasteiger charge is 2.22. The molecule has 0 atom stereocenters. The molecule has 23 heavy (non-hydrogen) atoms. The molecule has 0 aliphatic heterocycles. The van der Waals surface area contributed by atoms with E-state index < -0.39 is 11.9 Å². The standard InChI is InChI=1S/C15H18BrN3O4/c1-3-22-14(20)12(15(21)23-4-2)13(17)19-18-9-10-6-5-7-11(16)8-10/h5-9,20H,3-4H2,1-2H3,(H2,17,19). The lowest BCUT2D eigenvalue weighted by molar-refractivity contribution is -0.138. The first-order valence-corrected chi connectivity index (χ1v) is 7.64. The Morgan fingerprint density at radius 2 is 2.04 bits per heavy atom. The summed E-state index contributed by atoms with van der Waals surface area (Å²) in [5.41, 5.74) is 6.13. The Kier molecular flexibility index (Phi) is 7.82. The molecule has 0 spiro atoms. The molecule has 0 saturated heterocycles. The van der Waals surface area contributed by atoms with Gasteiger partial charge in [-0.25, -0.2) is 4.79 Å². The van der Waals surface area contributed by atoms with Crippen LogP contribution in [0.25, 0.3) is 0 Å². The smallest absolute Gasteiger partial charge is 0.349 e. The molecule has 1 rings (SSSR count). The van der Waals surface area contributed by atoms with Crippen molar-refractivity contribution in [2.45, 2.75) is 13.8 Å². The maximum absolute atomic E-state index is 11.8. The molecule has 7 nitrogen and oxygen atoms in total. The number of benzene rings is 1. The van der Waals surface area contributed by atoms with E-state index in [1.165, 1.54) is 6.21 Å². The van der Waals surface area contributed by atoms with E-state index >= 15 is 0 Å². The van der Waals surface area contributed by atoms with Crippen molar-refractivity contribution in [1.29, 1.82) is 0 Å². The van der Waals surface area contributed by atoms with Crippen molar-refractivity contribution in [3.8, 4) is 0 Å². The monoisotopic (exact) mass is 383 g/mol. The Labute approximate surface area is 142 Å². The molecular weight excluding hydrogens is 366 g/mol. The molecule has 0 heterocycles. The number of halogens is 1. The van der Waals surface area contributed by atoms with Crippen LogP contribution >= 0.6 is 15.9 Å². The quantitative estimate of drug-likeness (QED) is 0.188. The number of hydrogen-bond acceptors (Lipinski definition) is 6. The number of nitrogens with two attached hydrogens (primary N) is 1. The summed E-state index contributed by atoms with van der Waals surface area (Å²) in [6, 6.07) is 7.36. The van der Waals surface area contributed by atoms with E-state index in [1.54, 1.807) is 13.8 Å². The molecule has 124 valence electrons. The number of aliphatic hydroxyl groups is 1. The van der Waals surface area contributed by atoms with Gasteiger partial charge in [0, 0.05) is 4.47 Å². The molecular formula is C15H18BrN3O4. The Hall–Kier alpha value is -2.35. The Bertz CT molecular complexity index is 641. The third kappa shape index (κ3) is 6.11. The molecule has 0 radical (unpaired) electrons. The SMILES string of the molecule is CCOC(=O)C(C(N)=NN=Cc1cccc(Br)c1)=C(O)OCC. The Morgan fingerprint density at radius 3 is 2.65 bits per heavy atom. The van der Waals surface area contributed by atoms with E-state index in [-0.39, 0.29) is 24.6 Å². The van der Waals surface area contributed by atoms with Crippen LogP contribution in [-0.2, 0) is 14.3 Å². The van der Waals surface area contributed by atoms with Crippen molar-refractivity contribution < 1.29 is 19.4 Å². The molecule has 0 aliphatic rings. The molecule has 8 heteroatoms. The zero-order valence-electron chi connectivity index (χ0n) is 12.8. The van der Waals surface area contributed by atoms with Gasteiger partial charge in [-0.15, -0.1) is 5.10 Å². The van der Waals surface area contributed by atoms with Gasteiger partial charge in [-0.05, 0) is 31.5 Å². The molecule has 3 N–H and O–H groups in total. The van der Waals surface area contributed by atoms with Gasteiger partial charge in [0.25, 0.3) is 5.95 Å². The van der Waals surface area contributed by atoms with Crippen molar-refractivity contribution in [1.82, 2.24) is 0 Å². The van der Waals surface area contributed by atoms with Gasteiger partial charge in [-0.3, -0.25) is 0 Å². The first-order valence-electron chi connectivity index (χ1n) is 6.85. The van der Waals surface area contributed by atoms with Crippen molar-refractivity contribution in [3.63, 3.8) is 0 Å². The number of amidine groups is 1. The van der Waals surface area contributed by atoms with Gasteiger partial charge in [0.1, 0.15) is 0 Å². The minimum Gasteiger partial charge on any atom is -0.480 e. The number of aliphatic hydroxyl groups excluding tert-OH is 1. The predicted molar refractivity (Wildman–Crippen MR) is 91.3 cm³/mol. The summed E-state index contributed by atoms with van der Waals surface area (Å²) in [6.07, 6.45) is 1.46. The van der Waals surface area contributed by atoms with Crippen LogP contribution in [0.2, 0.25) is 0 Å². The van der Waals surface area contributed by atoms with Crippen molar-refractivity contribution >= 4 is 33.9 Å². The summed E-state index contributed by atoms with van der Waals surface area (Å²) in [6.45, 7) is 3.56. The minimum absolute atomic E-state index is 0.121. The summed E-state index contributed by atoms with van der Waals surface area (Å²) < 4.78 is 10.6. The summed E-state index contributed by atoms with van der Waals surface area (Å²) >= 11 is 3.34. The Balaban J connectivity index is 3.02. The number of hydrogen-bond donors (Lipinski definition) is 2. The lowest BCUT2D eigenvalue weighted by Gasteiger charge is -2.08. The van der Waals surface area contributed by atoms with Crippen LogP contribution in [0.1, 0.15) is 19.4 Å². The number of esters is 1. The topological polar surface area (TPSA) is 107 Å². The highest BCUT2D eigenvalue weighted by atomic mass is 79.9. The van der Waals surface area contributed by atoms with Gasteiger partial charge in [0.05, 0.1) is 19.4 Å². The van der Waals surface area contributed by atoms with E-state index in [1.807, 2.05) is 24.3 Å². The van der Waals surface area contributed by atoms with Gasteiger partial charge in [0.2, 0.25) is 0 Å². The number of rotatable bonds is 7. The van der Waals surface area contributed by atoms with Gasteiger partial charge in [-0.1, -0.05) is 28.1 Å². The molecule has 0 amide bonds. The van der Waals surface area contributed by atoms with E-state index in [2.05, 4.69) is 26.1 Å². The second kappa shape index (κ2) is 9.62. The fraction of sp³-hybridized carbons (Fsp3) is 0.267. The third-order valence-corrected chi connectivity index (χ3v) is 2.94. The number of ether oxygens (including phenoxy) is 2. The predicted octanol–water partition coefficient (Wildman–Crippen LogP) is 2.51. The lowest BCUT2D eigenvalue weighted by atomic mass is 10.2. The first kappa shape index (κ1) is 18.7. The van der Waals surface area contributed by atoms with Crippen LogP contribution in [0.3, 0.4) is 0 Å². The lowest BCUT2D eigenvalue weighted by Crippen LogP contribution is -2.25. The zero-order valence-corrected chi connectivity index (χ0v) is 14.4. The number of carbonyl (C=O) groups is 1. The van der Waals surface area contributed by atoms with Crippen LogP contribution in [0, 0.1) is 0 Å². The van der Waals surface area contributed by atoms with Crippen LogP contribution in [0.4, 0.5) is 0 Å². The number of nitrogens with zero attached hydrogens (tertiary/aromatic N) is 2. The molecule has 0 bridgehead atoms. The van der Waals surface area contributed by atoms with E-state index in [9.17, 15) is 9.90 Å². The molecule has 1 aromatic rings. The van der Waals surface area contributed by atoms with Crippen LogP contribution in [-0.4, -0.2) is 36.3 Å². The second-order valence-electron chi connectivity index (χ2n) is 4.12. The van der Waals surface area contributed by atoms with E-state index in [4.69, 9.17) is 15.2 Å².